The van der Waals surface area contributed by atoms with E-state index in [9.17, 15) is 4.79 Å². The third-order valence-corrected chi connectivity index (χ3v) is 3.93. The van der Waals surface area contributed by atoms with E-state index in [1.165, 1.54) is 57.8 Å². The first kappa shape index (κ1) is 11.0. The molecule has 1 amide bonds. The lowest BCUT2D eigenvalue weighted by Gasteiger charge is -2.37. The Morgan fingerprint density at radius 3 is 1.93 bits per heavy atom. The summed E-state index contributed by atoms with van der Waals surface area (Å²) in [6.07, 6.45) is 13.2. The standard InChI is InChI=1S/C13H23NO/c15-13-11-9-7-5-3-1-2-4-6-8-10-12(11)14-13/h11-12H,1-10H2,(H,14,15). The van der Waals surface area contributed by atoms with Crippen LogP contribution in [0.25, 0.3) is 0 Å². The van der Waals surface area contributed by atoms with Crippen molar-refractivity contribution in [3.05, 3.63) is 0 Å². The van der Waals surface area contributed by atoms with Gasteiger partial charge in [-0.25, -0.2) is 0 Å². The number of amides is 1. The van der Waals surface area contributed by atoms with Crippen LogP contribution >= 0.6 is 0 Å². The van der Waals surface area contributed by atoms with Gasteiger partial charge in [0.25, 0.3) is 0 Å². The fourth-order valence-electron chi connectivity index (χ4n) is 2.87. The Labute approximate surface area is 92.8 Å². The molecule has 86 valence electrons. The van der Waals surface area contributed by atoms with Crippen LogP contribution in [0.5, 0.6) is 0 Å². The summed E-state index contributed by atoms with van der Waals surface area (Å²) in [6, 6.07) is 0.525. The molecule has 0 bridgehead atoms. The van der Waals surface area contributed by atoms with E-state index in [1.807, 2.05) is 0 Å². The van der Waals surface area contributed by atoms with Gasteiger partial charge in [-0.2, -0.15) is 0 Å². The quantitative estimate of drug-likeness (QED) is 0.610. The maximum Gasteiger partial charge on any atom is 0.225 e. The molecule has 1 saturated heterocycles. The molecule has 2 heteroatoms. The van der Waals surface area contributed by atoms with Gasteiger partial charge in [0.2, 0.25) is 5.91 Å². The lowest BCUT2D eigenvalue weighted by molar-refractivity contribution is -0.135. The van der Waals surface area contributed by atoms with Crippen LogP contribution in [0.3, 0.4) is 0 Å². The number of β-lactam (4-membered cyclic amide) rings is 1. The molecule has 0 spiro atoms. The van der Waals surface area contributed by atoms with Crippen molar-refractivity contribution in [3.63, 3.8) is 0 Å². The average molecular weight is 209 g/mol. The number of rotatable bonds is 0. The highest BCUT2D eigenvalue weighted by Gasteiger charge is 2.37. The van der Waals surface area contributed by atoms with Crippen molar-refractivity contribution in [1.82, 2.24) is 5.32 Å². The van der Waals surface area contributed by atoms with Crippen LogP contribution in [0, 0.1) is 5.92 Å². The molecule has 2 unspecified atom stereocenters. The van der Waals surface area contributed by atoms with Crippen LogP contribution in [-0.2, 0) is 4.79 Å². The van der Waals surface area contributed by atoms with Crippen molar-refractivity contribution >= 4 is 5.91 Å². The normalized spacial score (nSPS) is 34.0. The zero-order valence-corrected chi connectivity index (χ0v) is 9.63. The van der Waals surface area contributed by atoms with Crippen molar-refractivity contribution in [2.75, 3.05) is 0 Å². The molecule has 2 atom stereocenters. The van der Waals surface area contributed by atoms with Crippen molar-refractivity contribution in [2.24, 2.45) is 5.92 Å². The van der Waals surface area contributed by atoms with Crippen molar-refractivity contribution in [3.8, 4) is 0 Å². The monoisotopic (exact) mass is 209 g/mol. The number of hydrogen-bond donors (Lipinski definition) is 1. The number of hydrogen-bond acceptors (Lipinski definition) is 1. The van der Waals surface area contributed by atoms with Gasteiger partial charge in [0.15, 0.2) is 0 Å². The van der Waals surface area contributed by atoms with Gasteiger partial charge in [-0.05, 0) is 12.8 Å². The molecule has 1 saturated carbocycles. The smallest absolute Gasteiger partial charge is 0.225 e. The zero-order valence-electron chi connectivity index (χ0n) is 9.63. The molecule has 2 rings (SSSR count). The van der Waals surface area contributed by atoms with Gasteiger partial charge < -0.3 is 5.32 Å². The maximum absolute atomic E-state index is 11.4. The molecule has 2 fully saturated rings. The molecule has 1 heterocycles. The zero-order chi connectivity index (χ0) is 10.5. The Bertz CT molecular complexity index is 215. The van der Waals surface area contributed by atoms with E-state index < -0.39 is 0 Å². The van der Waals surface area contributed by atoms with Crippen LogP contribution in [0.1, 0.15) is 64.2 Å². The van der Waals surface area contributed by atoms with E-state index >= 15 is 0 Å². The number of nitrogens with one attached hydrogen (secondary N) is 1. The Morgan fingerprint density at radius 1 is 0.800 bits per heavy atom. The van der Waals surface area contributed by atoms with E-state index in [2.05, 4.69) is 5.32 Å². The Balaban J connectivity index is 1.78. The lowest BCUT2D eigenvalue weighted by Crippen LogP contribution is -2.57. The Morgan fingerprint density at radius 2 is 1.33 bits per heavy atom. The average Bonchev–Trinajstić information content (AvgIpc) is 2.22. The van der Waals surface area contributed by atoms with E-state index in [4.69, 9.17) is 0 Å². The summed E-state index contributed by atoms with van der Waals surface area (Å²) < 4.78 is 0. The Kier molecular flexibility index (Phi) is 4.04. The molecule has 0 aromatic rings. The summed E-state index contributed by atoms with van der Waals surface area (Å²) in [5.41, 5.74) is 0. The molecule has 2 nitrogen and oxygen atoms in total. The second-order valence-electron chi connectivity index (χ2n) is 5.13. The highest BCUT2D eigenvalue weighted by Crippen LogP contribution is 2.27. The first-order valence-electron chi connectivity index (χ1n) is 6.68. The van der Waals surface area contributed by atoms with E-state index in [0.29, 0.717) is 17.9 Å². The lowest BCUT2D eigenvalue weighted by atomic mass is 9.82. The highest BCUT2D eigenvalue weighted by molar-refractivity contribution is 5.85. The molecule has 0 radical (unpaired) electrons. The fraction of sp³-hybridized carbons (Fsp3) is 0.923. The molecular weight excluding hydrogens is 186 g/mol. The number of fused-ring (bicyclic) bond motifs is 1. The predicted octanol–water partition coefficient (Wildman–Crippen LogP) is 3.02. The molecule has 2 aliphatic rings. The van der Waals surface area contributed by atoms with Crippen LogP contribution in [0.4, 0.5) is 0 Å². The van der Waals surface area contributed by atoms with Crippen LogP contribution in [-0.4, -0.2) is 11.9 Å². The first-order chi connectivity index (χ1) is 7.38. The van der Waals surface area contributed by atoms with Gasteiger partial charge in [-0.15, -0.1) is 0 Å². The van der Waals surface area contributed by atoms with Crippen LogP contribution < -0.4 is 5.32 Å². The third kappa shape index (κ3) is 2.96. The molecule has 1 aliphatic carbocycles. The van der Waals surface area contributed by atoms with Crippen molar-refractivity contribution in [2.45, 2.75) is 70.3 Å². The second-order valence-corrected chi connectivity index (χ2v) is 5.13. The molecule has 1 aliphatic heterocycles. The van der Waals surface area contributed by atoms with Gasteiger partial charge >= 0.3 is 0 Å². The predicted molar refractivity (Wildman–Crippen MR) is 61.6 cm³/mol. The summed E-state index contributed by atoms with van der Waals surface area (Å²) in [5, 5.41) is 3.06. The van der Waals surface area contributed by atoms with E-state index in [-0.39, 0.29) is 0 Å². The molecule has 0 aromatic carbocycles. The minimum Gasteiger partial charge on any atom is -0.352 e. The second kappa shape index (κ2) is 5.53. The van der Waals surface area contributed by atoms with Crippen LogP contribution in [0.2, 0.25) is 0 Å². The van der Waals surface area contributed by atoms with E-state index in [1.54, 1.807) is 0 Å². The minimum atomic E-state index is 0.317. The highest BCUT2D eigenvalue weighted by atomic mass is 16.2. The molecule has 0 aromatic heterocycles. The fourth-order valence-corrected chi connectivity index (χ4v) is 2.87. The van der Waals surface area contributed by atoms with Gasteiger partial charge in [0, 0.05) is 6.04 Å². The topological polar surface area (TPSA) is 29.1 Å². The van der Waals surface area contributed by atoms with Crippen molar-refractivity contribution in [1.29, 1.82) is 0 Å². The largest absolute Gasteiger partial charge is 0.352 e. The maximum atomic E-state index is 11.4. The summed E-state index contributed by atoms with van der Waals surface area (Å²) in [6.45, 7) is 0. The summed E-state index contributed by atoms with van der Waals surface area (Å²) in [7, 11) is 0. The number of carbonyl (C=O) groups is 1. The Hall–Kier alpha value is -0.530. The van der Waals surface area contributed by atoms with Gasteiger partial charge in [-0.1, -0.05) is 51.4 Å². The minimum absolute atomic E-state index is 0.317. The summed E-state index contributed by atoms with van der Waals surface area (Å²) in [5.74, 6) is 0.682. The molecular formula is C13H23NO. The molecule has 1 N–H and O–H groups in total. The summed E-state index contributed by atoms with van der Waals surface area (Å²) >= 11 is 0. The first-order valence-corrected chi connectivity index (χ1v) is 6.68. The van der Waals surface area contributed by atoms with Gasteiger partial charge in [0.1, 0.15) is 0 Å². The summed E-state index contributed by atoms with van der Waals surface area (Å²) in [4.78, 5) is 11.4. The van der Waals surface area contributed by atoms with Gasteiger partial charge in [0.05, 0.1) is 5.92 Å². The van der Waals surface area contributed by atoms with E-state index in [0.717, 1.165) is 6.42 Å². The van der Waals surface area contributed by atoms with Gasteiger partial charge in [-0.3, -0.25) is 4.79 Å². The van der Waals surface area contributed by atoms with Crippen LogP contribution in [0.15, 0.2) is 0 Å². The van der Waals surface area contributed by atoms with Crippen molar-refractivity contribution < 1.29 is 4.79 Å². The number of carbonyl (C=O) groups excluding carboxylic acids is 1. The molecule has 15 heavy (non-hydrogen) atoms. The third-order valence-electron chi connectivity index (χ3n) is 3.93. The SMILES string of the molecule is O=C1NC2CCCCCCCCCCC12.